The Bertz CT molecular complexity index is 888. The molecule has 1 saturated heterocycles. The zero-order valence-corrected chi connectivity index (χ0v) is 17.5. The predicted octanol–water partition coefficient (Wildman–Crippen LogP) is 4.29. The maximum atomic E-state index is 13.3. The van der Waals surface area contributed by atoms with E-state index in [1.807, 2.05) is 31.2 Å². The van der Waals surface area contributed by atoms with Crippen LogP contribution in [-0.4, -0.2) is 49.1 Å². The number of rotatable bonds is 5. The molecule has 0 N–H and O–H groups in total. The first kappa shape index (κ1) is 20.1. The van der Waals surface area contributed by atoms with Crippen LogP contribution in [0.1, 0.15) is 22.8 Å². The van der Waals surface area contributed by atoms with Gasteiger partial charge in [0.25, 0.3) is 5.91 Å². The summed E-state index contributed by atoms with van der Waals surface area (Å²) in [6.45, 7) is 4.69. The van der Waals surface area contributed by atoms with Crippen molar-refractivity contribution in [1.29, 1.82) is 0 Å². The minimum atomic E-state index is -0.150. The molecule has 1 aliphatic rings. The highest BCUT2D eigenvalue weighted by Crippen LogP contribution is 2.39. The van der Waals surface area contributed by atoms with Gasteiger partial charge in [-0.15, -0.1) is 0 Å². The van der Waals surface area contributed by atoms with Gasteiger partial charge < -0.3 is 14.2 Å². The molecule has 0 saturated carbocycles. The molecular weight excluding hydrogens is 376 g/mol. The number of amides is 1. The molecule has 1 atom stereocenters. The zero-order valence-electron chi connectivity index (χ0n) is 16.7. The van der Waals surface area contributed by atoms with Crippen LogP contribution in [0.3, 0.4) is 0 Å². The average molecular weight is 401 g/mol. The first-order valence-corrected chi connectivity index (χ1v) is 9.78. The Morgan fingerprint density at radius 1 is 1.11 bits per heavy atom. The fraction of sp³-hybridized carbons (Fsp3) is 0.333. The molecule has 0 aliphatic carbocycles. The van der Waals surface area contributed by atoms with Crippen molar-refractivity contribution < 1.29 is 19.0 Å². The lowest BCUT2D eigenvalue weighted by Crippen LogP contribution is -2.32. The molecule has 1 amide bonds. The third-order valence-corrected chi connectivity index (χ3v) is 5.43. The van der Waals surface area contributed by atoms with E-state index in [1.165, 1.54) is 21.3 Å². The van der Waals surface area contributed by atoms with Gasteiger partial charge in [0, 0.05) is 17.4 Å². The topological polar surface area (TPSA) is 60.4 Å². The number of hydrogen-bond donors (Lipinski definition) is 0. The minimum Gasteiger partial charge on any atom is -0.493 e. The molecule has 148 valence electrons. The number of nitrogens with zero attached hydrogens (tertiary/aromatic N) is 2. The molecular formula is C21H24N2O4S. The molecule has 6 nitrogen and oxygen atoms in total. The second-order valence-electron chi connectivity index (χ2n) is 6.49. The van der Waals surface area contributed by atoms with Gasteiger partial charge in [-0.1, -0.05) is 30.8 Å². The maximum Gasteiger partial charge on any atom is 0.260 e. The van der Waals surface area contributed by atoms with Gasteiger partial charge in [-0.25, -0.2) is 4.99 Å². The summed E-state index contributed by atoms with van der Waals surface area (Å²) in [4.78, 5) is 19.7. The summed E-state index contributed by atoms with van der Waals surface area (Å²) in [5.41, 5.74) is 2.42. The molecule has 0 radical (unpaired) electrons. The predicted molar refractivity (Wildman–Crippen MR) is 112 cm³/mol. The van der Waals surface area contributed by atoms with E-state index in [1.54, 1.807) is 28.8 Å². The lowest BCUT2D eigenvalue weighted by Gasteiger charge is -2.18. The Labute approximate surface area is 169 Å². The number of hydrogen-bond acceptors (Lipinski definition) is 6. The van der Waals surface area contributed by atoms with Crippen LogP contribution in [0.25, 0.3) is 0 Å². The van der Waals surface area contributed by atoms with E-state index in [0.717, 1.165) is 11.3 Å². The van der Waals surface area contributed by atoms with Crippen molar-refractivity contribution in [2.75, 3.05) is 27.9 Å². The molecule has 0 unspecified atom stereocenters. The number of ether oxygens (including phenoxy) is 3. The van der Waals surface area contributed by atoms with Gasteiger partial charge >= 0.3 is 0 Å². The van der Waals surface area contributed by atoms with Crippen LogP contribution >= 0.6 is 11.8 Å². The molecule has 2 aromatic rings. The van der Waals surface area contributed by atoms with Crippen LogP contribution in [0.5, 0.6) is 17.2 Å². The van der Waals surface area contributed by atoms with Crippen molar-refractivity contribution in [3.63, 3.8) is 0 Å². The Hall–Kier alpha value is -2.67. The van der Waals surface area contributed by atoms with Crippen molar-refractivity contribution >= 4 is 28.5 Å². The Balaban J connectivity index is 1.98. The number of benzene rings is 2. The van der Waals surface area contributed by atoms with Gasteiger partial charge in [0.2, 0.25) is 5.75 Å². The van der Waals surface area contributed by atoms with E-state index < -0.39 is 0 Å². The zero-order chi connectivity index (χ0) is 20.3. The Morgan fingerprint density at radius 2 is 1.79 bits per heavy atom. The van der Waals surface area contributed by atoms with Gasteiger partial charge in [0.05, 0.1) is 27.0 Å². The SMILES string of the molecule is COc1cc(C(=O)N2C[C@H](C)SC2=Nc2cccc(C)c2)cc(OC)c1OC. The highest BCUT2D eigenvalue weighted by atomic mass is 32.2. The molecule has 2 aromatic carbocycles. The lowest BCUT2D eigenvalue weighted by atomic mass is 10.1. The fourth-order valence-corrected chi connectivity index (χ4v) is 4.07. The lowest BCUT2D eigenvalue weighted by molar-refractivity contribution is 0.0854. The second-order valence-corrected chi connectivity index (χ2v) is 7.90. The molecule has 0 bridgehead atoms. The number of methoxy groups -OCH3 is 3. The first-order chi connectivity index (χ1) is 13.5. The van der Waals surface area contributed by atoms with Crippen LogP contribution in [0.2, 0.25) is 0 Å². The number of carbonyl (C=O) groups excluding carboxylic acids is 1. The van der Waals surface area contributed by atoms with Gasteiger partial charge in [-0.2, -0.15) is 0 Å². The van der Waals surface area contributed by atoms with Crippen LogP contribution in [-0.2, 0) is 0 Å². The van der Waals surface area contributed by atoms with E-state index in [9.17, 15) is 4.79 Å². The molecule has 28 heavy (non-hydrogen) atoms. The van der Waals surface area contributed by atoms with Crippen LogP contribution in [0, 0.1) is 6.92 Å². The van der Waals surface area contributed by atoms with Crippen molar-refractivity contribution in [3.05, 3.63) is 47.5 Å². The van der Waals surface area contributed by atoms with Crippen LogP contribution in [0.15, 0.2) is 41.4 Å². The maximum absolute atomic E-state index is 13.3. The summed E-state index contributed by atoms with van der Waals surface area (Å²) in [6, 6.07) is 11.3. The van der Waals surface area contributed by atoms with Crippen molar-refractivity contribution in [2.24, 2.45) is 4.99 Å². The number of amidine groups is 1. The molecule has 0 aromatic heterocycles. The van der Waals surface area contributed by atoms with Gasteiger partial charge in [0.1, 0.15) is 0 Å². The van der Waals surface area contributed by atoms with E-state index in [0.29, 0.717) is 34.5 Å². The standard InChI is InChI=1S/C21H24N2O4S/c1-13-7-6-8-16(9-13)22-21-23(12-14(2)28-21)20(24)15-10-17(25-3)19(27-5)18(11-15)26-4/h6-11,14H,12H2,1-5H3/t14-/m0/s1. The molecule has 1 aliphatic heterocycles. The van der Waals surface area contributed by atoms with Crippen LogP contribution < -0.4 is 14.2 Å². The average Bonchev–Trinajstić information content (AvgIpc) is 3.06. The third-order valence-electron chi connectivity index (χ3n) is 4.36. The van der Waals surface area contributed by atoms with Crippen molar-refractivity contribution in [1.82, 2.24) is 4.90 Å². The minimum absolute atomic E-state index is 0.150. The van der Waals surface area contributed by atoms with E-state index in [2.05, 4.69) is 6.92 Å². The van der Waals surface area contributed by atoms with E-state index in [4.69, 9.17) is 19.2 Å². The quantitative estimate of drug-likeness (QED) is 0.749. The van der Waals surface area contributed by atoms with E-state index in [-0.39, 0.29) is 11.2 Å². The van der Waals surface area contributed by atoms with Gasteiger partial charge in [-0.05, 0) is 36.8 Å². The van der Waals surface area contributed by atoms with Crippen molar-refractivity contribution in [3.8, 4) is 17.2 Å². The first-order valence-electron chi connectivity index (χ1n) is 8.90. The molecule has 1 fully saturated rings. The second kappa shape index (κ2) is 8.56. The summed E-state index contributed by atoms with van der Waals surface area (Å²) in [5, 5.41) is 0.950. The molecule has 7 heteroatoms. The number of thioether (sulfide) groups is 1. The van der Waals surface area contributed by atoms with Gasteiger partial charge in [0.15, 0.2) is 16.7 Å². The summed E-state index contributed by atoms with van der Waals surface area (Å²) in [6.07, 6.45) is 0. The molecule has 1 heterocycles. The summed E-state index contributed by atoms with van der Waals surface area (Å²) < 4.78 is 16.1. The molecule has 3 rings (SSSR count). The smallest absolute Gasteiger partial charge is 0.260 e. The highest BCUT2D eigenvalue weighted by Gasteiger charge is 2.32. The van der Waals surface area contributed by atoms with Crippen LogP contribution in [0.4, 0.5) is 5.69 Å². The van der Waals surface area contributed by atoms with Crippen molar-refractivity contribution in [2.45, 2.75) is 19.1 Å². The number of aryl methyl sites for hydroxylation is 1. The fourth-order valence-electron chi connectivity index (χ4n) is 3.04. The normalized spacial score (nSPS) is 17.7. The van der Waals surface area contributed by atoms with E-state index >= 15 is 0 Å². The third kappa shape index (κ3) is 4.09. The summed E-state index contributed by atoms with van der Waals surface area (Å²) >= 11 is 1.59. The number of aliphatic imine (C=N–C) groups is 1. The largest absolute Gasteiger partial charge is 0.493 e. The molecule has 0 spiro atoms. The Kier molecular flexibility index (Phi) is 6.14. The number of carbonyl (C=O) groups is 1. The highest BCUT2D eigenvalue weighted by molar-refractivity contribution is 8.14. The Morgan fingerprint density at radius 3 is 2.36 bits per heavy atom. The summed E-state index contributed by atoms with van der Waals surface area (Å²) in [7, 11) is 4.60. The summed E-state index contributed by atoms with van der Waals surface area (Å²) in [5.74, 6) is 1.20. The van der Waals surface area contributed by atoms with Gasteiger partial charge in [-0.3, -0.25) is 9.69 Å². The monoisotopic (exact) mass is 400 g/mol.